The normalized spacial score (nSPS) is 18.3. The summed E-state index contributed by atoms with van der Waals surface area (Å²) >= 11 is 0.962. The number of carboxylic acid groups (broad SMARTS) is 2. The second kappa shape index (κ2) is 10.1. The fourth-order valence-electron chi connectivity index (χ4n) is 2.30. The Kier molecular flexibility index (Phi) is 7.72. The van der Waals surface area contributed by atoms with Gasteiger partial charge >= 0.3 is 18.0 Å². The standard InChI is InChI=1S/C16H20N6O10S/c1-16(2,13(27)28)32-21-9(6-5-33-14(17)19-6)11(25)20-10-7(3-30-15(18)29)22(12(10)26)31-4-8(23)24/h5,7,10H,3-4H2,1-2H3,(H2,17,19)(H2,18,29)(H,20,25)(H,23,24)(H,27,28)/b21-9+. The van der Waals surface area contributed by atoms with E-state index in [1.54, 1.807) is 0 Å². The van der Waals surface area contributed by atoms with Crippen LogP contribution in [0.5, 0.6) is 0 Å². The van der Waals surface area contributed by atoms with Crippen LogP contribution in [0.1, 0.15) is 19.5 Å². The van der Waals surface area contributed by atoms with Gasteiger partial charge in [0.05, 0.1) is 0 Å². The van der Waals surface area contributed by atoms with Gasteiger partial charge in [0, 0.05) is 5.38 Å². The number of nitrogens with one attached hydrogen (secondary N) is 1. The van der Waals surface area contributed by atoms with Crippen molar-refractivity contribution in [2.24, 2.45) is 10.9 Å². The summed E-state index contributed by atoms with van der Waals surface area (Å²) in [6, 6.07) is -2.45. The number of hydroxylamine groups is 2. The second-order valence-corrected chi connectivity index (χ2v) is 7.79. The van der Waals surface area contributed by atoms with Crippen molar-refractivity contribution in [2.45, 2.75) is 31.5 Å². The Morgan fingerprint density at radius 3 is 2.52 bits per heavy atom. The summed E-state index contributed by atoms with van der Waals surface area (Å²) in [6.07, 6.45) is -1.18. The monoisotopic (exact) mass is 488 g/mol. The molecule has 17 heteroatoms. The number of nitrogens with zero attached hydrogens (tertiary/aromatic N) is 3. The highest BCUT2D eigenvalue weighted by Crippen LogP contribution is 2.22. The predicted molar refractivity (Wildman–Crippen MR) is 108 cm³/mol. The largest absolute Gasteiger partial charge is 0.479 e. The molecule has 0 spiro atoms. The van der Waals surface area contributed by atoms with Crippen LogP contribution >= 0.6 is 11.3 Å². The zero-order valence-electron chi connectivity index (χ0n) is 17.2. The molecule has 2 atom stereocenters. The average Bonchev–Trinajstić information content (AvgIpc) is 3.13. The van der Waals surface area contributed by atoms with Crippen molar-refractivity contribution in [3.05, 3.63) is 11.1 Å². The third kappa shape index (κ3) is 6.26. The number of aromatic nitrogens is 1. The third-order valence-electron chi connectivity index (χ3n) is 4.04. The number of nitrogen functional groups attached to an aromatic ring is 1. The van der Waals surface area contributed by atoms with E-state index in [1.807, 2.05) is 0 Å². The van der Waals surface area contributed by atoms with Crippen LogP contribution < -0.4 is 16.8 Å². The van der Waals surface area contributed by atoms with Gasteiger partial charge in [0.25, 0.3) is 11.8 Å². The summed E-state index contributed by atoms with van der Waals surface area (Å²) in [7, 11) is 0. The molecule has 0 bridgehead atoms. The van der Waals surface area contributed by atoms with Crippen molar-refractivity contribution in [3.8, 4) is 0 Å². The van der Waals surface area contributed by atoms with Gasteiger partial charge in [-0.25, -0.2) is 24.4 Å². The molecule has 0 aromatic carbocycles. The summed E-state index contributed by atoms with van der Waals surface area (Å²) in [5.41, 5.74) is 8.12. The molecular formula is C16H20N6O10S. The lowest BCUT2D eigenvalue weighted by molar-refractivity contribution is -0.240. The molecule has 1 aliphatic heterocycles. The Hall–Kier alpha value is -3.99. The maximum atomic E-state index is 12.9. The fraction of sp³-hybridized carbons (Fsp3) is 0.438. The molecule has 0 aliphatic carbocycles. The van der Waals surface area contributed by atoms with Crippen molar-refractivity contribution >= 4 is 52.0 Å². The SMILES string of the molecule is CC(C)(O/N=C(/C(=O)NC1C(=O)N(OCC(=O)O)C1COC(N)=O)c1csc(N)n1)C(=O)O. The Morgan fingerprint density at radius 2 is 2.00 bits per heavy atom. The summed E-state index contributed by atoms with van der Waals surface area (Å²) < 4.78 is 4.63. The van der Waals surface area contributed by atoms with Crippen molar-refractivity contribution in [2.75, 3.05) is 18.9 Å². The first kappa shape index (κ1) is 25.3. The van der Waals surface area contributed by atoms with Gasteiger partial charge in [-0.2, -0.15) is 0 Å². The topological polar surface area (TPSA) is 246 Å². The van der Waals surface area contributed by atoms with Crippen LogP contribution in [0.3, 0.4) is 0 Å². The van der Waals surface area contributed by atoms with Crippen LogP contribution in [-0.2, 0) is 33.6 Å². The van der Waals surface area contributed by atoms with Crippen LogP contribution in [0, 0.1) is 0 Å². The van der Waals surface area contributed by atoms with Gasteiger partial charge in [0.1, 0.15) is 24.4 Å². The van der Waals surface area contributed by atoms with Crippen molar-refractivity contribution in [3.63, 3.8) is 0 Å². The minimum atomic E-state index is -1.81. The van der Waals surface area contributed by atoms with Crippen LogP contribution in [0.25, 0.3) is 0 Å². The predicted octanol–water partition coefficient (Wildman–Crippen LogP) is -1.88. The first-order valence-electron chi connectivity index (χ1n) is 8.95. The molecular weight excluding hydrogens is 468 g/mol. The summed E-state index contributed by atoms with van der Waals surface area (Å²) in [4.78, 5) is 71.8. The van der Waals surface area contributed by atoms with Gasteiger partial charge in [-0.15, -0.1) is 11.3 Å². The number of hydrogen-bond acceptors (Lipinski definition) is 12. The smallest absolute Gasteiger partial charge is 0.404 e. The van der Waals surface area contributed by atoms with Gasteiger partial charge in [-0.05, 0) is 13.8 Å². The molecule has 3 amide bonds. The van der Waals surface area contributed by atoms with E-state index in [0.29, 0.717) is 5.06 Å². The highest BCUT2D eigenvalue weighted by Gasteiger charge is 2.51. The van der Waals surface area contributed by atoms with E-state index in [1.165, 1.54) is 19.2 Å². The zero-order chi connectivity index (χ0) is 24.9. The highest BCUT2D eigenvalue weighted by molar-refractivity contribution is 7.13. The van der Waals surface area contributed by atoms with E-state index in [-0.39, 0.29) is 10.8 Å². The van der Waals surface area contributed by atoms with Crippen LogP contribution in [0.2, 0.25) is 0 Å². The Labute approximate surface area is 189 Å². The maximum absolute atomic E-state index is 12.9. The number of ether oxygens (including phenoxy) is 1. The van der Waals surface area contributed by atoms with E-state index in [4.69, 9.17) is 31.4 Å². The molecule has 2 heterocycles. The molecule has 1 saturated heterocycles. The van der Waals surface area contributed by atoms with Gasteiger partial charge in [0.2, 0.25) is 5.60 Å². The van der Waals surface area contributed by atoms with Crippen LogP contribution in [0.15, 0.2) is 10.5 Å². The Balaban J connectivity index is 2.24. The molecule has 16 nitrogen and oxygen atoms in total. The lowest BCUT2D eigenvalue weighted by Crippen LogP contribution is -2.72. The first-order chi connectivity index (χ1) is 15.3. The first-order valence-corrected chi connectivity index (χ1v) is 9.83. The number of amides is 3. The number of thiazole rings is 1. The molecule has 7 N–H and O–H groups in total. The van der Waals surface area contributed by atoms with Crippen molar-refractivity contribution in [1.29, 1.82) is 0 Å². The molecule has 1 aliphatic rings. The number of aliphatic carboxylic acids is 2. The lowest BCUT2D eigenvalue weighted by atomic mass is 9.98. The molecule has 180 valence electrons. The molecule has 0 saturated carbocycles. The number of rotatable bonds is 11. The Bertz CT molecular complexity index is 992. The highest BCUT2D eigenvalue weighted by atomic mass is 32.1. The number of carboxylic acids is 2. The number of anilines is 1. The lowest BCUT2D eigenvalue weighted by Gasteiger charge is -2.44. The number of carbonyl (C=O) groups excluding carboxylic acids is 3. The molecule has 33 heavy (non-hydrogen) atoms. The summed E-state index contributed by atoms with van der Waals surface area (Å²) in [5.74, 6) is -4.61. The fourth-order valence-corrected chi connectivity index (χ4v) is 2.85. The molecule has 1 aromatic rings. The summed E-state index contributed by atoms with van der Waals surface area (Å²) in [5, 5.41) is 25.8. The maximum Gasteiger partial charge on any atom is 0.404 e. The van der Waals surface area contributed by atoms with Gasteiger partial charge in [0.15, 0.2) is 17.5 Å². The quantitative estimate of drug-likeness (QED) is 0.130. The molecule has 1 fully saturated rings. The second-order valence-electron chi connectivity index (χ2n) is 6.90. The molecule has 1 aromatic heterocycles. The van der Waals surface area contributed by atoms with E-state index in [2.05, 4.69) is 20.2 Å². The number of nitrogens with two attached hydrogens (primary N) is 2. The number of carbonyl (C=O) groups is 5. The van der Waals surface area contributed by atoms with E-state index >= 15 is 0 Å². The zero-order valence-corrected chi connectivity index (χ0v) is 18.0. The van der Waals surface area contributed by atoms with E-state index < -0.39 is 66.5 Å². The van der Waals surface area contributed by atoms with Crippen LogP contribution in [0.4, 0.5) is 9.93 Å². The van der Waals surface area contributed by atoms with Crippen molar-refractivity contribution in [1.82, 2.24) is 15.4 Å². The van der Waals surface area contributed by atoms with Gasteiger partial charge < -0.3 is 36.6 Å². The Morgan fingerprint density at radius 1 is 1.33 bits per heavy atom. The molecule has 2 unspecified atom stereocenters. The minimum Gasteiger partial charge on any atom is -0.479 e. The van der Waals surface area contributed by atoms with Crippen LogP contribution in [-0.4, -0.2) is 86.7 Å². The number of β-lactam (4-membered cyclic amide) rings is 1. The molecule has 0 radical (unpaired) electrons. The third-order valence-corrected chi connectivity index (χ3v) is 4.71. The van der Waals surface area contributed by atoms with E-state index in [9.17, 15) is 24.0 Å². The van der Waals surface area contributed by atoms with Crippen molar-refractivity contribution < 1.29 is 48.6 Å². The molecule has 2 rings (SSSR count). The number of oxime groups is 1. The average molecular weight is 488 g/mol. The van der Waals surface area contributed by atoms with Gasteiger partial charge in [-0.1, -0.05) is 5.16 Å². The minimum absolute atomic E-state index is 0.0631. The van der Waals surface area contributed by atoms with Gasteiger partial charge in [-0.3, -0.25) is 14.4 Å². The summed E-state index contributed by atoms with van der Waals surface area (Å²) in [6.45, 7) is 0.981. The van der Waals surface area contributed by atoms with E-state index in [0.717, 1.165) is 11.3 Å². The number of primary amides is 1. The number of hydrogen-bond donors (Lipinski definition) is 5.